The molecular formula is C24H43Cl2N3O3. The van der Waals surface area contributed by atoms with Crippen molar-refractivity contribution in [3.8, 4) is 5.75 Å². The molecule has 1 heterocycles. The maximum absolute atomic E-state index is 12.7. The van der Waals surface area contributed by atoms with E-state index in [2.05, 4.69) is 35.9 Å². The van der Waals surface area contributed by atoms with Crippen molar-refractivity contribution in [2.24, 2.45) is 0 Å². The second-order valence-corrected chi connectivity index (χ2v) is 8.08. The second kappa shape index (κ2) is 18.2. The lowest BCUT2D eigenvalue weighted by Gasteiger charge is -2.30. The van der Waals surface area contributed by atoms with Crippen LogP contribution in [0, 0.1) is 0 Å². The van der Waals surface area contributed by atoms with E-state index < -0.39 is 6.09 Å². The number of hydrogen-bond acceptors (Lipinski definition) is 5. The maximum Gasteiger partial charge on any atom is 0.411 e. The van der Waals surface area contributed by atoms with Gasteiger partial charge in [0, 0.05) is 24.8 Å². The molecule has 0 saturated carbocycles. The van der Waals surface area contributed by atoms with Crippen LogP contribution in [0.5, 0.6) is 5.75 Å². The molecule has 186 valence electrons. The molecule has 1 saturated heterocycles. The first-order valence-corrected chi connectivity index (χ1v) is 11.8. The molecule has 32 heavy (non-hydrogen) atoms. The van der Waals surface area contributed by atoms with E-state index in [0.717, 1.165) is 57.9 Å². The number of halogens is 2. The van der Waals surface area contributed by atoms with E-state index >= 15 is 0 Å². The lowest BCUT2D eigenvalue weighted by Crippen LogP contribution is -2.43. The Hall–Kier alpha value is -1.21. The number of likely N-dealkylation sites (N-methyl/N-ethyl adjacent to an activating group) is 1. The number of likely N-dealkylation sites (tertiary alicyclic amines) is 1. The van der Waals surface area contributed by atoms with Gasteiger partial charge in [-0.2, -0.15) is 0 Å². The van der Waals surface area contributed by atoms with E-state index in [4.69, 9.17) is 9.47 Å². The van der Waals surface area contributed by atoms with Crippen LogP contribution < -0.4 is 10.1 Å². The van der Waals surface area contributed by atoms with Gasteiger partial charge >= 0.3 is 6.09 Å². The van der Waals surface area contributed by atoms with Crippen LogP contribution in [0.2, 0.25) is 0 Å². The first-order valence-electron chi connectivity index (χ1n) is 11.8. The molecule has 1 atom stereocenters. The number of nitrogens with zero attached hydrogens (tertiary/aromatic N) is 2. The molecule has 2 rings (SSSR count). The summed E-state index contributed by atoms with van der Waals surface area (Å²) in [4.78, 5) is 17.4. The van der Waals surface area contributed by atoms with Gasteiger partial charge in [-0.05, 0) is 57.6 Å². The van der Waals surface area contributed by atoms with Gasteiger partial charge in [0.2, 0.25) is 0 Å². The summed E-state index contributed by atoms with van der Waals surface area (Å²) in [5.74, 6) is 0.769. The summed E-state index contributed by atoms with van der Waals surface area (Å²) in [6.45, 7) is 12.8. The molecule has 0 aromatic heterocycles. The van der Waals surface area contributed by atoms with Crippen LogP contribution in [0.3, 0.4) is 0 Å². The highest BCUT2D eigenvalue weighted by Crippen LogP contribution is 2.18. The van der Waals surface area contributed by atoms with E-state index in [1.165, 1.54) is 25.7 Å². The summed E-state index contributed by atoms with van der Waals surface area (Å²) in [6.07, 6.45) is 6.63. The van der Waals surface area contributed by atoms with Crippen molar-refractivity contribution < 1.29 is 14.3 Å². The minimum Gasteiger partial charge on any atom is -0.494 e. The molecule has 8 heteroatoms. The molecule has 1 amide bonds. The topological polar surface area (TPSA) is 54.0 Å². The third kappa shape index (κ3) is 12.1. The quantitative estimate of drug-likeness (QED) is 0.372. The summed E-state index contributed by atoms with van der Waals surface area (Å²) < 4.78 is 11.6. The first-order chi connectivity index (χ1) is 14.6. The average molecular weight is 493 g/mol. The zero-order chi connectivity index (χ0) is 21.6. The zero-order valence-electron chi connectivity index (χ0n) is 20.0. The monoisotopic (exact) mass is 491 g/mol. The maximum atomic E-state index is 12.7. The van der Waals surface area contributed by atoms with Crippen LogP contribution in [-0.2, 0) is 4.74 Å². The lowest BCUT2D eigenvalue weighted by atomic mass is 10.2. The minimum atomic E-state index is -0.396. The van der Waals surface area contributed by atoms with E-state index in [0.29, 0.717) is 12.3 Å². The van der Waals surface area contributed by atoms with Crippen molar-refractivity contribution >= 4 is 36.6 Å². The molecule has 1 aliphatic rings. The summed E-state index contributed by atoms with van der Waals surface area (Å²) in [5.41, 5.74) is 0.699. The number of unbranched alkanes of at least 4 members (excludes halogenated alkanes) is 1. The molecule has 0 bridgehead atoms. The van der Waals surface area contributed by atoms with Crippen LogP contribution in [0.25, 0.3) is 0 Å². The largest absolute Gasteiger partial charge is 0.494 e. The molecule has 1 fully saturated rings. The fraction of sp³-hybridized carbons (Fsp3) is 0.708. The Morgan fingerprint density at radius 2 is 1.78 bits per heavy atom. The van der Waals surface area contributed by atoms with Gasteiger partial charge in [-0.3, -0.25) is 10.2 Å². The summed E-state index contributed by atoms with van der Waals surface area (Å²) in [6, 6.07) is 7.52. The summed E-state index contributed by atoms with van der Waals surface area (Å²) in [7, 11) is 0. The van der Waals surface area contributed by atoms with Crippen molar-refractivity contribution in [2.75, 3.05) is 51.2 Å². The number of ether oxygens (including phenoxy) is 2. The van der Waals surface area contributed by atoms with Crippen molar-refractivity contribution in [1.82, 2.24) is 9.80 Å². The molecule has 0 aliphatic carbocycles. The molecule has 0 spiro atoms. The Morgan fingerprint density at radius 1 is 1.09 bits per heavy atom. The number of rotatable bonds is 12. The van der Waals surface area contributed by atoms with Gasteiger partial charge in [0.1, 0.15) is 11.9 Å². The van der Waals surface area contributed by atoms with Gasteiger partial charge in [0.15, 0.2) is 0 Å². The normalized spacial score (nSPS) is 15.1. The first kappa shape index (κ1) is 30.8. The fourth-order valence-electron chi connectivity index (χ4n) is 3.81. The van der Waals surface area contributed by atoms with Crippen LogP contribution in [0.1, 0.15) is 59.3 Å². The molecule has 1 unspecified atom stereocenters. The number of anilines is 1. The number of amides is 1. The van der Waals surface area contributed by atoms with Crippen LogP contribution in [0.15, 0.2) is 24.3 Å². The van der Waals surface area contributed by atoms with E-state index in [-0.39, 0.29) is 30.9 Å². The van der Waals surface area contributed by atoms with Crippen molar-refractivity contribution in [3.63, 3.8) is 0 Å². The fourth-order valence-corrected chi connectivity index (χ4v) is 3.81. The molecule has 1 aromatic rings. The van der Waals surface area contributed by atoms with Gasteiger partial charge in [-0.1, -0.05) is 46.1 Å². The number of hydrogen-bond donors (Lipinski definition) is 1. The molecule has 1 N–H and O–H groups in total. The number of nitrogens with one attached hydrogen (secondary N) is 1. The van der Waals surface area contributed by atoms with Crippen molar-refractivity contribution in [1.29, 1.82) is 0 Å². The van der Waals surface area contributed by atoms with Crippen LogP contribution in [-0.4, -0.2) is 67.9 Å². The minimum absolute atomic E-state index is 0. The van der Waals surface area contributed by atoms with Crippen molar-refractivity contribution in [3.05, 3.63) is 24.3 Å². The predicted octanol–water partition coefficient (Wildman–Crippen LogP) is 5.84. The lowest BCUT2D eigenvalue weighted by molar-refractivity contribution is 0.0558. The van der Waals surface area contributed by atoms with Gasteiger partial charge < -0.3 is 14.4 Å². The smallest absolute Gasteiger partial charge is 0.411 e. The molecular weight excluding hydrogens is 449 g/mol. The number of carbonyl (C=O) groups is 1. The number of benzene rings is 1. The number of carbonyl (C=O) groups excluding carboxylic acids is 1. The van der Waals surface area contributed by atoms with Crippen LogP contribution >= 0.6 is 24.8 Å². The van der Waals surface area contributed by atoms with Gasteiger partial charge in [0.25, 0.3) is 0 Å². The Balaban J connectivity index is 0.00000480. The highest BCUT2D eigenvalue weighted by molar-refractivity contribution is 5.86. The van der Waals surface area contributed by atoms with E-state index in [1.807, 2.05) is 24.3 Å². The SMILES string of the molecule is CCCCOc1cccc(NC(=O)OC(CN(CC)CC)CN2CCCCCC2)c1.Cl.Cl. The standard InChI is InChI=1S/C24H41N3O3.2ClH/c1-4-7-17-29-22-14-12-13-21(18-22)25-24(28)30-23(19-26(5-2)6-3)20-27-15-10-8-9-11-16-27;;/h12-14,18,23H,4-11,15-17,19-20H2,1-3H3,(H,25,28);2*1H. The Labute approximate surface area is 207 Å². The predicted molar refractivity (Wildman–Crippen MR) is 138 cm³/mol. The molecule has 0 radical (unpaired) electrons. The molecule has 1 aromatic carbocycles. The Morgan fingerprint density at radius 3 is 2.41 bits per heavy atom. The van der Waals surface area contributed by atoms with Crippen LogP contribution in [0.4, 0.5) is 10.5 Å². The van der Waals surface area contributed by atoms with E-state index in [1.54, 1.807) is 0 Å². The average Bonchev–Trinajstić information content (AvgIpc) is 3.01. The second-order valence-electron chi connectivity index (χ2n) is 8.08. The Kier molecular flexibility index (Phi) is 17.6. The third-order valence-corrected chi connectivity index (χ3v) is 5.64. The van der Waals surface area contributed by atoms with Gasteiger partial charge in [0.05, 0.1) is 6.61 Å². The summed E-state index contributed by atoms with van der Waals surface area (Å²) in [5, 5.41) is 2.88. The molecule has 6 nitrogen and oxygen atoms in total. The highest BCUT2D eigenvalue weighted by atomic mass is 35.5. The Bertz CT molecular complexity index is 610. The zero-order valence-corrected chi connectivity index (χ0v) is 21.6. The van der Waals surface area contributed by atoms with Gasteiger partial charge in [-0.15, -0.1) is 24.8 Å². The van der Waals surface area contributed by atoms with Crippen molar-refractivity contribution in [2.45, 2.75) is 65.4 Å². The molecule has 1 aliphatic heterocycles. The third-order valence-electron chi connectivity index (χ3n) is 5.64. The summed E-state index contributed by atoms with van der Waals surface area (Å²) >= 11 is 0. The van der Waals surface area contributed by atoms with Gasteiger partial charge in [-0.25, -0.2) is 4.79 Å². The highest BCUT2D eigenvalue weighted by Gasteiger charge is 2.21. The van der Waals surface area contributed by atoms with E-state index in [9.17, 15) is 4.79 Å².